The van der Waals surface area contributed by atoms with Gasteiger partial charge in [-0.1, -0.05) is 54.0 Å². The zero-order valence-corrected chi connectivity index (χ0v) is 13.6. The highest BCUT2D eigenvalue weighted by Gasteiger charge is 2.14. The lowest BCUT2D eigenvalue weighted by Gasteiger charge is -1.99. The molecule has 0 unspecified atom stereocenters. The Morgan fingerprint density at radius 2 is 2.14 bits per heavy atom. The maximum absolute atomic E-state index is 6.07. The molecule has 21 heavy (non-hydrogen) atoms. The van der Waals surface area contributed by atoms with Gasteiger partial charge < -0.3 is 4.52 Å². The highest BCUT2D eigenvalue weighted by Crippen LogP contribution is 2.27. The first-order valence-corrected chi connectivity index (χ1v) is 7.94. The second-order valence-electron chi connectivity index (χ2n) is 4.67. The molecule has 0 aliphatic carbocycles. The fraction of sp³-hybridized carbons (Fsp3) is 0.333. The van der Waals surface area contributed by atoms with Gasteiger partial charge in [0.05, 0.1) is 15.8 Å². The van der Waals surface area contributed by atoms with Crippen LogP contribution < -0.4 is 0 Å². The predicted molar refractivity (Wildman–Crippen MR) is 81.0 cm³/mol. The Bertz CT molecular complexity index is 785. The van der Waals surface area contributed by atoms with E-state index in [9.17, 15) is 0 Å². The molecule has 6 nitrogen and oxygen atoms in total. The standard InChI is InChI=1S/C12H11Cl2N5OS/c1-6(2)10-15-9(20-18-10)5-21-12-17-16-11-8(14)3-7(13)4-19(11)12/h3-4,6H,5H2,1-2H3. The number of hydrogen-bond donors (Lipinski definition) is 0. The molecule has 3 aromatic rings. The van der Waals surface area contributed by atoms with Crippen molar-refractivity contribution in [1.29, 1.82) is 0 Å². The van der Waals surface area contributed by atoms with E-state index in [0.717, 1.165) is 0 Å². The third kappa shape index (κ3) is 3.00. The van der Waals surface area contributed by atoms with Crippen LogP contribution in [0.4, 0.5) is 0 Å². The topological polar surface area (TPSA) is 69.1 Å². The maximum atomic E-state index is 6.07. The van der Waals surface area contributed by atoms with Crippen LogP contribution in [0.25, 0.3) is 5.65 Å². The SMILES string of the molecule is CC(C)c1noc(CSc2nnc3c(Cl)cc(Cl)cn23)n1. The van der Waals surface area contributed by atoms with E-state index in [1.54, 1.807) is 16.7 Å². The second kappa shape index (κ2) is 5.82. The summed E-state index contributed by atoms with van der Waals surface area (Å²) in [4.78, 5) is 4.32. The van der Waals surface area contributed by atoms with Crippen molar-refractivity contribution in [2.75, 3.05) is 0 Å². The van der Waals surface area contributed by atoms with Gasteiger partial charge in [0, 0.05) is 12.1 Å². The van der Waals surface area contributed by atoms with Crippen molar-refractivity contribution in [3.63, 3.8) is 0 Å². The minimum atomic E-state index is 0.235. The Morgan fingerprint density at radius 3 is 2.86 bits per heavy atom. The summed E-state index contributed by atoms with van der Waals surface area (Å²) in [5, 5.41) is 13.7. The zero-order valence-electron chi connectivity index (χ0n) is 11.2. The lowest BCUT2D eigenvalue weighted by molar-refractivity contribution is 0.383. The molecule has 0 aliphatic heterocycles. The van der Waals surface area contributed by atoms with Crippen LogP contribution in [-0.2, 0) is 5.75 Å². The van der Waals surface area contributed by atoms with E-state index in [4.69, 9.17) is 27.7 Å². The van der Waals surface area contributed by atoms with Gasteiger partial charge in [0.25, 0.3) is 0 Å². The van der Waals surface area contributed by atoms with Gasteiger partial charge in [-0.3, -0.25) is 4.40 Å². The lowest BCUT2D eigenvalue weighted by atomic mass is 10.2. The van der Waals surface area contributed by atoms with E-state index in [1.807, 2.05) is 13.8 Å². The van der Waals surface area contributed by atoms with Crippen molar-refractivity contribution in [3.05, 3.63) is 34.0 Å². The summed E-state index contributed by atoms with van der Waals surface area (Å²) >= 11 is 13.5. The Hall–Kier alpha value is -1.31. The zero-order chi connectivity index (χ0) is 15.0. The lowest BCUT2D eigenvalue weighted by Crippen LogP contribution is -1.91. The molecule has 0 bridgehead atoms. The van der Waals surface area contributed by atoms with Gasteiger partial charge in [0.2, 0.25) is 5.89 Å². The van der Waals surface area contributed by atoms with Crippen LogP contribution in [0.1, 0.15) is 31.5 Å². The van der Waals surface area contributed by atoms with Crippen molar-refractivity contribution in [3.8, 4) is 0 Å². The van der Waals surface area contributed by atoms with Gasteiger partial charge in [0.1, 0.15) is 0 Å². The van der Waals surface area contributed by atoms with E-state index in [-0.39, 0.29) is 5.92 Å². The summed E-state index contributed by atoms with van der Waals surface area (Å²) in [6.45, 7) is 4.02. The average Bonchev–Trinajstić information content (AvgIpc) is 3.02. The Morgan fingerprint density at radius 1 is 1.33 bits per heavy atom. The number of thioether (sulfide) groups is 1. The van der Waals surface area contributed by atoms with Gasteiger partial charge in [-0.25, -0.2) is 0 Å². The largest absolute Gasteiger partial charge is 0.338 e. The molecule has 0 spiro atoms. The summed E-state index contributed by atoms with van der Waals surface area (Å²) in [6, 6.07) is 1.63. The van der Waals surface area contributed by atoms with E-state index >= 15 is 0 Å². The summed E-state index contributed by atoms with van der Waals surface area (Å²) in [6.07, 6.45) is 1.72. The van der Waals surface area contributed by atoms with Gasteiger partial charge in [-0.15, -0.1) is 10.2 Å². The summed E-state index contributed by atoms with van der Waals surface area (Å²) in [7, 11) is 0. The molecule has 0 atom stereocenters. The first kappa shape index (κ1) is 14.6. The molecule has 0 fully saturated rings. The van der Waals surface area contributed by atoms with Crippen LogP contribution in [0.3, 0.4) is 0 Å². The van der Waals surface area contributed by atoms with Crippen LogP contribution in [0.2, 0.25) is 10.0 Å². The molecular weight excluding hydrogens is 333 g/mol. The quantitative estimate of drug-likeness (QED) is 0.670. The number of rotatable bonds is 4. The van der Waals surface area contributed by atoms with Crippen LogP contribution >= 0.6 is 35.0 Å². The smallest absolute Gasteiger partial charge is 0.237 e. The molecule has 110 valence electrons. The molecule has 3 rings (SSSR count). The summed E-state index contributed by atoms with van der Waals surface area (Å²) < 4.78 is 6.94. The molecule has 0 amide bonds. The minimum Gasteiger partial charge on any atom is -0.338 e. The van der Waals surface area contributed by atoms with E-state index in [1.165, 1.54) is 11.8 Å². The third-order valence-corrected chi connectivity index (χ3v) is 4.13. The molecule has 0 saturated heterocycles. The molecule has 0 aromatic carbocycles. The van der Waals surface area contributed by atoms with Crippen LogP contribution in [-0.4, -0.2) is 24.7 Å². The number of pyridine rings is 1. The van der Waals surface area contributed by atoms with E-state index < -0.39 is 0 Å². The van der Waals surface area contributed by atoms with Gasteiger partial charge in [-0.2, -0.15) is 4.98 Å². The van der Waals surface area contributed by atoms with Crippen molar-refractivity contribution in [2.45, 2.75) is 30.7 Å². The molecule has 0 N–H and O–H groups in total. The molecule has 0 aliphatic rings. The van der Waals surface area contributed by atoms with E-state index in [0.29, 0.717) is 38.3 Å². The average molecular weight is 344 g/mol. The van der Waals surface area contributed by atoms with Gasteiger partial charge in [0.15, 0.2) is 16.6 Å². The number of aromatic nitrogens is 5. The maximum Gasteiger partial charge on any atom is 0.237 e. The molecule has 3 aromatic heterocycles. The fourth-order valence-corrected chi connectivity index (χ4v) is 2.94. The fourth-order valence-electron chi connectivity index (χ4n) is 1.69. The minimum absolute atomic E-state index is 0.235. The highest BCUT2D eigenvalue weighted by molar-refractivity contribution is 7.98. The van der Waals surface area contributed by atoms with Crippen molar-refractivity contribution >= 4 is 40.6 Å². The Balaban J connectivity index is 1.81. The van der Waals surface area contributed by atoms with Gasteiger partial charge >= 0.3 is 0 Å². The van der Waals surface area contributed by atoms with Crippen LogP contribution in [0, 0.1) is 0 Å². The Kier molecular flexibility index (Phi) is 4.05. The normalized spacial score (nSPS) is 11.7. The van der Waals surface area contributed by atoms with Crippen LogP contribution in [0.5, 0.6) is 0 Å². The number of hydrogen-bond acceptors (Lipinski definition) is 6. The first-order chi connectivity index (χ1) is 10.0. The molecule has 3 heterocycles. The molecule has 0 radical (unpaired) electrons. The van der Waals surface area contributed by atoms with E-state index in [2.05, 4.69) is 20.3 Å². The molecular formula is C12H11Cl2N5OS. The number of fused-ring (bicyclic) bond motifs is 1. The van der Waals surface area contributed by atoms with Crippen molar-refractivity contribution in [1.82, 2.24) is 24.7 Å². The number of halogens is 2. The first-order valence-electron chi connectivity index (χ1n) is 6.19. The monoisotopic (exact) mass is 343 g/mol. The highest BCUT2D eigenvalue weighted by atomic mass is 35.5. The van der Waals surface area contributed by atoms with Crippen LogP contribution in [0.15, 0.2) is 21.9 Å². The van der Waals surface area contributed by atoms with Gasteiger partial charge in [-0.05, 0) is 6.07 Å². The van der Waals surface area contributed by atoms with Crippen molar-refractivity contribution < 1.29 is 4.52 Å². The third-order valence-electron chi connectivity index (χ3n) is 2.72. The Labute approximate surface area is 134 Å². The summed E-state index contributed by atoms with van der Waals surface area (Å²) in [5.41, 5.74) is 0.567. The number of nitrogens with zero attached hydrogens (tertiary/aromatic N) is 5. The predicted octanol–water partition coefficient (Wildman–Crippen LogP) is 3.83. The second-order valence-corrected chi connectivity index (χ2v) is 6.46. The molecule has 0 saturated carbocycles. The molecule has 9 heteroatoms. The van der Waals surface area contributed by atoms with Crippen molar-refractivity contribution in [2.24, 2.45) is 0 Å². The summed E-state index contributed by atoms with van der Waals surface area (Å²) in [5.74, 6) is 1.99.